The first-order valence-electron chi connectivity index (χ1n) is 5.54. The molecule has 86 valence electrons. The van der Waals surface area contributed by atoms with Crippen LogP contribution >= 0.6 is 12.2 Å². The Kier molecular flexibility index (Phi) is 4.15. The lowest BCUT2D eigenvalue weighted by Gasteiger charge is -2.18. The van der Waals surface area contributed by atoms with Gasteiger partial charge in [-0.2, -0.15) is 0 Å². The molecule has 0 aliphatic rings. The lowest BCUT2D eigenvalue weighted by molar-refractivity contribution is -0.140. The van der Waals surface area contributed by atoms with Gasteiger partial charge in [-0.15, -0.1) is 0 Å². The third kappa shape index (κ3) is 5.84. The number of amides is 1. The average Bonchev–Trinajstić information content (AvgIpc) is 2.23. The van der Waals surface area contributed by atoms with Crippen LogP contribution in [0.5, 0.6) is 0 Å². The Morgan fingerprint density at radius 3 is 2.73 bits per heavy atom. The number of likely N-dealkylation sites (N-methyl/N-ethyl adjacent to an activating group) is 1. The molecule has 0 saturated heterocycles. The van der Waals surface area contributed by atoms with Crippen molar-refractivity contribution in [2.45, 2.75) is 6.92 Å². The Labute approximate surface area is 97.7 Å². The van der Waals surface area contributed by atoms with Gasteiger partial charge in [0.05, 0.1) is 13.7 Å². The second-order valence-corrected chi connectivity index (χ2v) is 2.70. The molecule has 0 fully saturated rings. The van der Waals surface area contributed by atoms with Crippen LogP contribution in [0.25, 0.3) is 0 Å². The van der Waals surface area contributed by atoms with Crippen molar-refractivity contribution in [3.05, 3.63) is 0 Å². The molecule has 0 bridgehead atoms. The minimum atomic E-state index is -2.68. The van der Waals surface area contributed by atoms with E-state index in [0.717, 1.165) is 7.11 Å². The fourth-order valence-corrected chi connectivity index (χ4v) is 0.735. The van der Waals surface area contributed by atoms with Crippen LogP contribution in [0.1, 0.15) is 11.0 Å². The number of thiocarbonyl (C=S) groups is 1. The number of ether oxygens (including phenoxy) is 2. The zero-order valence-electron chi connectivity index (χ0n) is 11.4. The quantitative estimate of drug-likeness (QED) is 0.555. The SMILES string of the molecule is [2H]C([2H])([2H])N(CC(=O)OC)C(=S)NC(=O)OCC. The van der Waals surface area contributed by atoms with Gasteiger partial charge in [0.25, 0.3) is 0 Å². The number of hydrogen-bond acceptors (Lipinski definition) is 5. The van der Waals surface area contributed by atoms with Gasteiger partial charge in [-0.3, -0.25) is 10.1 Å². The number of nitrogens with one attached hydrogen (secondary N) is 1. The number of alkyl carbamates (subject to hydrolysis) is 1. The first-order chi connectivity index (χ1) is 8.22. The van der Waals surface area contributed by atoms with Gasteiger partial charge in [0.15, 0.2) is 5.11 Å². The second kappa shape index (κ2) is 6.99. The molecule has 0 spiro atoms. The van der Waals surface area contributed by atoms with Gasteiger partial charge in [-0.05, 0) is 19.1 Å². The molecule has 0 aliphatic heterocycles. The summed E-state index contributed by atoms with van der Waals surface area (Å²) in [6.07, 6.45) is -0.887. The molecule has 7 heteroatoms. The van der Waals surface area contributed by atoms with Crippen molar-refractivity contribution in [3.63, 3.8) is 0 Å². The molecule has 1 amide bonds. The molecular weight excluding hydrogens is 220 g/mol. The lowest BCUT2D eigenvalue weighted by atomic mass is 10.6. The van der Waals surface area contributed by atoms with Crippen LogP contribution < -0.4 is 5.32 Å². The van der Waals surface area contributed by atoms with Crippen LogP contribution in [0.4, 0.5) is 4.79 Å². The Hall–Kier alpha value is -1.37. The number of carbonyl (C=O) groups is 2. The topological polar surface area (TPSA) is 67.9 Å². The lowest BCUT2D eigenvalue weighted by Crippen LogP contribution is -2.43. The molecule has 0 aromatic rings. The summed E-state index contributed by atoms with van der Waals surface area (Å²) in [5.74, 6) is -0.792. The Morgan fingerprint density at radius 2 is 2.27 bits per heavy atom. The van der Waals surface area contributed by atoms with Crippen molar-refractivity contribution >= 4 is 29.4 Å². The van der Waals surface area contributed by atoms with E-state index in [1.165, 1.54) is 0 Å². The van der Waals surface area contributed by atoms with Gasteiger partial charge < -0.3 is 14.4 Å². The second-order valence-electron chi connectivity index (χ2n) is 2.31. The predicted octanol–water partition coefficient (Wildman–Crippen LogP) is 0.122. The van der Waals surface area contributed by atoms with E-state index in [-0.39, 0.29) is 6.61 Å². The van der Waals surface area contributed by atoms with Crippen LogP contribution in [-0.4, -0.2) is 49.3 Å². The standard InChI is InChI=1S/C8H14N2O4S/c1-4-14-8(12)9-7(15)10(2)5-6(11)13-3/h4-5H2,1-3H3,(H,9,12,15)/i2D3. The Bertz CT molecular complexity index is 335. The summed E-state index contributed by atoms with van der Waals surface area (Å²) in [6, 6.07) is 0. The normalized spacial score (nSPS) is 12.8. The Balaban J connectivity index is 4.71. The van der Waals surface area contributed by atoms with Gasteiger partial charge in [-0.25, -0.2) is 4.79 Å². The summed E-state index contributed by atoms with van der Waals surface area (Å²) in [6.45, 7) is -1.58. The summed E-state index contributed by atoms with van der Waals surface area (Å²) in [4.78, 5) is 22.7. The summed E-state index contributed by atoms with van der Waals surface area (Å²) >= 11 is 4.73. The van der Waals surface area contributed by atoms with Crippen molar-refractivity contribution in [3.8, 4) is 0 Å². The summed E-state index contributed by atoms with van der Waals surface area (Å²) in [5, 5.41) is 1.61. The maximum atomic E-state index is 11.1. The van der Waals surface area contributed by atoms with Crippen LogP contribution in [0.15, 0.2) is 0 Å². The van der Waals surface area contributed by atoms with E-state index in [0.29, 0.717) is 4.90 Å². The zero-order valence-corrected chi connectivity index (χ0v) is 9.22. The largest absolute Gasteiger partial charge is 0.468 e. The molecule has 0 aliphatic carbocycles. The van der Waals surface area contributed by atoms with E-state index in [1.54, 1.807) is 6.92 Å². The summed E-state index contributed by atoms with van der Waals surface area (Å²) < 4.78 is 30.5. The van der Waals surface area contributed by atoms with Gasteiger partial charge in [0, 0.05) is 11.1 Å². The third-order valence-electron chi connectivity index (χ3n) is 1.24. The highest BCUT2D eigenvalue weighted by molar-refractivity contribution is 7.80. The maximum absolute atomic E-state index is 11.1. The van der Waals surface area contributed by atoms with Crippen molar-refractivity contribution in [1.82, 2.24) is 10.2 Å². The highest BCUT2D eigenvalue weighted by Crippen LogP contribution is 1.88. The average molecular weight is 237 g/mol. The highest BCUT2D eigenvalue weighted by atomic mass is 32.1. The molecule has 0 aromatic carbocycles. The molecule has 0 aromatic heterocycles. The third-order valence-corrected chi connectivity index (χ3v) is 1.57. The minimum Gasteiger partial charge on any atom is -0.468 e. The van der Waals surface area contributed by atoms with Crippen molar-refractivity contribution in [1.29, 1.82) is 0 Å². The minimum absolute atomic E-state index is 0.110. The molecule has 0 unspecified atom stereocenters. The first kappa shape index (κ1) is 8.90. The molecule has 6 nitrogen and oxygen atoms in total. The molecule has 0 rings (SSSR count). The van der Waals surface area contributed by atoms with Crippen LogP contribution in [0.2, 0.25) is 0 Å². The number of carbonyl (C=O) groups excluding carboxylic acids is 2. The van der Waals surface area contributed by atoms with E-state index in [9.17, 15) is 9.59 Å². The van der Waals surface area contributed by atoms with Crippen LogP contribution in [0.3, 0.4) is 0 Å². The highest BCUT2D eigenvalue weighted by Gasteiger charge is 2.12. The molecule has 0 saturated carbocycles. The zero-order chi connectivity index (χ0) is 14.3. The van der Waals surface area contributed by atoms with E-state index in [4.69, 9.17) is 16.3 Å². The number of hydrogen-bond donors (Lipinski definition) is 1. The monoisotopic (exact) mass is 237 g/mol. The van der Waals surface area contributed by atoms with E-state index in [2.05, 4.69) is 9.47 Å². The van der Waals surface area contributed by atoms with Gasteiger partial charge in [0.1, 0.15) is 6.54 Å². The molecular formula is C8H14N2O4S. The number of esters is 1. The number of rotatable bonds is 3. The fourth-order valence-electron chi connectivity index (χ4n) is 0.587. The van der Waals surface area contributed by atoms with E-state index >= 15 is 0 Å². The molecule has 1 N–H and O–H groups in total. The molecule has 0 radical (unpaired) electrons. The van der Waals surface area contributed by atoms with E-state index in [1.807, 2.05) is 5.32 Å². The fraction of sp³-hybridized carbons (Fsp3) is 0.625. The molecule has 15 heavy (non-hydrogen) atoms. The number of methoxy groups -OCH3 is 1. The van der Waals surface area contributed by atoms with Crippen LogP contribution in [-0.2, 0) is 14.3 Å². The Morgan fingerprint density at radius 1 is 1.60 bits per heavy atom. The maximum Gasteiger partial charge on any atom is 0.413 e. The number of nitrogens with zero attached hydrogens (tertiary/aromatic N) is 1. The molecule has 0 heterocycles. The van der Waals surface area contributed by atoms with Gasteiger partial charge in [0.2, 0.25) is 0 Å². The van der Waals surface area contributed by atoms with Gasteiger partial charge in [-0.1, -0.05) is 0 Å². The van der Waals surface area contributed by atoms with Crippen molar-refractivity contribution < 1.29 is 23.2 Å². The van der Waals surface area contributed by atoms with Crippen LogP contribution in [0, 0.1) is 0 Å². The van der Waals surface area contributed by atoms with Crippen molar-refractivity contribution in [2.75, 3.05) is 27.2 Å². The summed E-state index contributed by atoms with van der Waals surface area (Å²) in [5.41, 5.74) is 0. The van der Waals surface area contributed by atoms with Crippen molar-refractivity contribution in [2.24, 2.45) is 0 Å². The first-order valence-corrected chi connectivity index (χ1v) is 4.45. The smallest absolute Gasteiger partial charge is 0.413 e. The van der Waals surface area contributed by atoms with E-state index < -0.39 is 30.7 Å². The van der Waals surface area contributed by atoms with Gasteiger partial charge >= 0.3 is 12.1 Å². The molecule has 0 atom stereocenters. The summed E-state index contributed by atoms with van der Waals surface area (Å²) in [7, 11) is 1.11. The predicted molar refractivity (Wildman–Crippen MR) is 57.4 cm³/mol.